The maximum Gasteiger partial charge on any atom is 0.119 e. The number of aryl methyl sites for hydroxylation is 1. The molecule has 0 bridgehead atoms. The number of ether oxygens (including phenoxy) is 1. The quantitative estimate of drug-likeness (QED) is 0.794. The molecule has 1 N–H and O–H groups in total. The van der Waals surface area contributed by atoms with Gasteiger partial charge < -0.3 is 9.84 Å². The molecular weight excluding hydrogens is 176 g/mol. The molecule has 0 amide bonds. The van der Waals surface area contributed by atoms with Gasteiger partial charge in [-0.1, -0.05) is 6.07 Å². The molecule has 2 nitrogen and oxygen atoms in total. The Kier molecular flexibility index (Phi) is 2.73. The van der Waals surface area contributed by atoms with Crippen molar-refractivity contribution in [3.05, 3.63) is 29.3 Å². The molecule has 0 radical (unpaired) electrons. The van der Waals surface area contributed by atoms with Gasteiger partial charge in [0.2, 0.25) is 0 Å². The SMILES string of the molecule is COc1ccc2c(c1)C(CCO)CC2. The van der Waals surface area contributed by atoms with E-state index in [0.717, 1.165) is 18.6 Å². The van der Waals surface area contributed by atoms with Gasteiger partial charge in [-0.15, -0.1) is 0 Å². The third-order valence-electron chi connectivity index (χ3n) is 3.03. The first-order chi connectivity index (χ1) is 6.85. The Hall–Kier alpha value is -1.02. The molecule has 2 rings (SSSR count). The van der Waals surface area contributed by atoms with Gasteiger partial charge in [-0.2, -0.15) is 0 Å². The van der Waals surface area contributed by atoms with Crippen molar-refractivity contribution in [1.82, 2.24) is 0 Å². The summed E-state index contributed by atoms with van der Waals surface area (Å²) < 4.78 is 5.20. The van der Waals surface area contributed by atoms with E-state index >= 15 is 0 Å². The maximum absolute atomic E-state index is 8.95. The van der Waals surface area contributed by atoms with Crippen LogP contribution in [-0.4, -0.2) is 18.8 Å². The van der Waals surface area contributed by atoms with Crippen molar-refractivity contribution < 1.29 is 9.84 Å². The number of hydrogen-bond donors (Lipinski definition) is 1. The highest BCUT2D eigenvalue weighted by molar-refractivity contribution is 5.41. The lowest BCUT2D eigenvalue weighted by molar-refractivity contribution is 0.275. The number of hydrogen-bond acceptors (Lipinski definition) is 2. The number of benzene rings is 1. The maximum atomic E-state index is 8.95. The van der Waals surface area contributed by atoms with Gasteiger partial charge in [0.05, 0.1) is 7.11 Å². The first kappa shape index (κ1) is 9.53. The molecule has 76 valence electrons. The number of methoxy groups -OCH3 is 1. The van der Waals surface area contributed by atoms with Crippen LogP contribution in [0.2, 0.25) is 0 Å². The standard InChI is InChI=1S/C12H16O2/c1-14-11-5-4-9-2-3-10(6-7-13)12(9)8-11/h4-5,8,10,13H,2-3,6-7H2,1H3. The molecule has 0 aliphatic heterocycles. The summed E-state index contributed by atoms with van der Waals surface area (Å²) in [6, 6.07) is 6.27. The van der Waals surface area contributed by atoms with Crippen LogP contribution in [0.3, 0.4) is 0 Å². The number of aliphatic hydroxyl groups excluding tert-OH is 1. The first-order valence-electron chi connectivity index (χ1n) is 5.13. The highest BCUT2D eigenvalue weighted by atomic mass is 16.5. The first-order valence-corrected chi connectivity index (χ1v) is 5.13. The van der Waals surface area contributed by atoms with E-state index in [1.807, 2.05) is 6.07 Å². The van der Waals surface area contributed by atoms with Gasteiger partial charge in [0.25, 0.3) is 0 Å². The zero-order chi connectivity index (χ0) is 9.97. The summed E-state index contributed by atoms with van der Waals surface area (Å²) in [5, 5.41) is 8.95. The molecule has 0 aromatic heterocycles. The predicted molar refractivity (Wildman–Crippen MR) is 55.8 cm³/mol. The van der Waals surface area contributed by atoms with Gasteiger partial charge in [-0.05, 0) is 48.4 Å². The van der Waals surface area contributed by atoms with E-state index in [1.165, 1.54) is 17.5 Å². The molecule has 1 aliphatic carbocycles. The Morgan fingerprint density at radius 2 is 2.36 bits per heavy atom. The second-order valence-corrected chi connectivity index (χ2v) is 3.81. The monoisotopic (exact) mass is 192 g/mol. The third kappa shape index (κ3) is 1.62. The highest BCUT2D eigenvalue weighted by Crippen LogP contribution is 2.37. The normalized spacial score (nSPS) is 19.4. The largest absolute Gasteiger partial charge is 0.497 e. The van der Waals surface area contributed by atoms with Gasteiger partial charge in [0, 0.05) is 6.61 Å². The van der Waals surface area contributed by atoms with Crippen molar-refractivity contribution in [2.45, 2.75) is 25.2 Å². The lowest BCUT2D eigenvalue weighted by atomic mass is 9.98. The summed E-state index contributed by atoms with van der Waals surface area (Å²) in [6.45, 7) is 0.279. The minimum Gasteiger partial charge on any atom is -0.497 e. The minimum absolute atomic E-state index is 0.279. The summed E-state index contributed by atoms with van der Waals surface area (Å²) in [7, 11) is 1.69. The lowest BCUT2D eigenvalue weighted by Gasteiger charge is -2.10. The highest BCUT2D eigenvalue weighted by Gasteiger charge is 2.22. The van der Waals surface area contributed by atoms with Crippen molar-refractivity contribution in [1.29, 1.82) is 0 Å². The molecule has 1 aromatic rings. The average Bonchev–Trinajstić information content (AvgIpc) is 2.61. The van der Waals surface area contributed by atoms with Crippen molar-refractivity contribution in [3.8, 4) is 5.75 Å². The number of rotatable bonds is 3. The van der Waals surface area contributed by atoms with E-state index in [-0.39, 0.29) is 6.61 Å². The van der Waals surface area contributed by atoms with E-state index in [9.17, 15) is 0 Å². The van der Waals surface area contributed by atoms with Crippen LogP contribution in [0.15, 0.2) is 18.2 Å². The fourth-order valence-corrected chi connectivity index (χ4v) is 2.25. The predicted octanol–water partition coefficient (Wildman–Crippen LogP) is 2.11. The van der Waals surface area contributed by atoms with Crippen molar-refractivity contribution in [2.24, 2.45) is 0 Å². The molecule has 1 aromatic carbocycles. The van der Waals surface area contributed by atoms with Gasteiger partial charge >= 0.3 is 0 Å². The summed E-state index contributed by atoms with van der Waals surface area (Å²) in [5.74, 6) is 1.46. The Morgan fingerprint density at radius 1 is 1.50 bits per heavy atom. The van der Waals surface area contributed by atoms with Gasteiger partial charge in [-0.25, -0.2) is 0 Å². The van der Waals surface area contributed by atoms with Crippen LogP contribution in [-0.2, 0) is 6.42 Å². The van der Waals surface area contributed by atoms with E-state index in [0.29, 0.717) is 5.92 Å². The second-order valence-electron chi connectivity index (χ2n) is 3.81. The second kappa shape index (κ2) is 4.01. The Bertz CT molecular complexity index is 318. The van der Waals surface area contributed by atoms with Crippen LogP contribution in [0.1, 0.15) is 29.9 Å². The minimum atomic E-state index is 0.279. The van der Waals surface area contributed by atoms with E-state index in [4.69, 9.17) is 9.84 Å². The fourth-order valence-electron chi connectivity index (χ4n) is 2.25. The molecule has 1 aliphatic rings. The van der Waals surface area contributed by atoms with Gasteiger partial charge in [0.1, 0.15) is 5.75 Å². The smallest absolute Gasteiger partial charge is 0.119 e. The van der Waals surface area contributed by atoms with Crippen molar-refractivity contribution >= 4 is 0 Å². The van der Waals surface area contributed by atoms with Gasteiger partial charge in [0.15, 0.2) is 0 Å². The Balaban J connectivity index is 2.27. The number of aliphatic hydroxyl groups is 1. The van der Waals surface area contributed by atoms with Crippen LogP contribution >= 0.6 is 0 Å². The summed E-state index contributed by atoms with van der Waals surface area (Å²) >= 11 is 0. The van der Waals surface area contributed by atoms with Crippen LogP contribution in [0.5, 0.6) is 5.75 Å². The van der Waals surface area contributed by atoms with Crippen molar-refractivity contribution in [3.63, 3.8) is 0 Å². The molecule has 0 saturated carbocycles. The molecule has 0 spiro atoms. The Morgan fingerprint density at radius 3 is 3.07 bits per heavy atom. The van der Waals surface area contributed by atoms with E-state index < -0.39 is 0 Å². The van der Waals surface area contributed by atoms with E-state index in [1.54, 1.807) is 7.11 Å². The molecule has 2 heteroatoms. The lowest BCUT2D eigenvalue weighted by Crippen LogP contribution is -1.97. The average molecular weight is 192 g/mol. The third-order valence-corrected chi connectivity index (χ3v) is 3.03. The van der Waals surface area contributed by atoms with Crippen LogP contribution < -0.4 is 4.74 Å². The summed E-state index contributed by atoms with van der Waals surface area (Å²) in [6.07, 6.45) is 3.19. The molecule has 0 saturated heterocycles. The zero-order valence-corrected chi connectivity index (χ0v) is 8.49. The molecule has 0 fully saturated rings. The van der Waals surface area contributed by atoms with Crippen LogP contribution in [0.4, 0.5) is 0 Å². The molecule has 1 atom stereocenters. The van der Waals surface area contributed by atoms with E-state index in [2.05, 4.69) is 12.1 Å². The fraction of sp³-hybridized carbons (Fsp3) is 0.500. The van der Waals surface area contributed by atoms with Crippen LogP contribution in [0.25, 0.3) is 0 Å². The summed E-state index contributed by atoms with van der Waals surface area (Å²) in [5.41, 5.74) is 2.79. The Labute approximate surface area is 84.5 Å². The molecular formula is C12H16O2. The topological polar surface area (TPSA) is 29.5 Å². The zero-order valence-electron chi connectivity index (χ0n) is 8.49. The van der Waals surface area contributed by atoms with Crippen molar-refractivity contribution in [2.75, 3.05) is 13.7 Å². The van der Waals surface area contributed by atoms with Crippen LogP contribution in [0, 0.1) is 0 Å². The molecule has 1 unspecified atom stereocenters. The summed E-state index contributed by atoms with van der Waals surface area (Å²) in [4.78, 5) is 0. The number of fused-ring (bicyclic) bond motifs is 1. The van der Waals surface area contributed by atoms with Gasteiger partial charge in [-0.3, -0.25) is 0 Å². The molecule has 0 heterocycles. The molecule has 14 heavy (non-hydrogen) atoms.